The Hall–Kier alpha value is -2.99. The molecule has 0 spiro atoms. The van der Waals surface area contributed by atoms with E-state index in [1.165, 1.54) is 5.56 Å². The summed E-state index contributed by atoms with van der Waals surface area (Å²) < 4.78 is 16.4. The number of H-pyrrole nitrogens is 1. The van der Waals surface area contributed by atoms with Gasteiger partial charge in [0.15, 0.2) is 11.5 Å². The molecule has 1 aliphatic heterocycles. The van der Waals surface area contributed by atoms with Crippen LogP contribution in [-0.2, 0) is 16.0 Å². The van der Waals surface area contributed by atoms with Crippen LogP contribution in [0.15, 0.2) is 42.6 Å². The third-order valence-corrected chi connectivity index (χ3v) is 6.14. The fourth-order valence-corrected chi connectivity index (χ4v) is 4.42. The van der Waals surface area contributed by atoms with Crippen molar-refractivity contribution in [2.45, 2.75) is 25.7 Å². The second-order valence-corrected chi connectivity index (χ2v) is 7.80. The first kappa shape index (κ1) is 21.2. The number of benzene rings is 2. The first-order valence-electron chi connectivity index (χ1n) is 10.8. The minimum absolute atomic E-state index is 0.101. The Bertz CT molecular complexity index is 1050. The van der Waals surface area contributed by atoms with Crippen LogP contribution in [0.1, 0.15) is 36.0 Å². The van der Waals surface area contributed by atoms with E-state index in [-0.39, 0.29) is 11.8 Å². The van der Waals surface area contributed by atoms with E-state index in [1.807, 2.05) is 23.1 Å². The van der Waals surface area contributed by atoms with Crippen LogP contribution in [0.2, 0.25) is 0 Å². The number of amides is 1. The van der Waals surface area contributed by atoms with Crippen molar-refractivity contribution >= 4 is 16.8 Å². The zero-order chi connectivity index (χ0) is 21.8. The molecule has 0 bridgehead atoms. The van der Waals surface area contributed by atoms with Gasteiger partial charge in [-0.3, -0.25) is 4.79 Å². The molecule has 1 aromatic heterocycles. The summed E-state index contributed by atoms with van der Waals surface area (Å²) in [5.41, 5.74) is 4.57. The van der Waals surface area contributed by atoms with Gasteiger partial charge in [-0.1, -0.05) is 31.2 Å². The topological polar surface area (TPSA) is 63.8 Å². The normalized spacial score (nSPS) is 15.1. The first-order chi connectivity index (χ1) is 15.2. The Morgan fingerprint density at radius 3 is 2.61 bits per heavy atom. The molecule has 6 nitrogen and oxygen atoms in total. The highest BCUT2D eigenvalue weighted by molar-refractivity contribution is 5.88. The largest absolute Gasteiger partial charge is 0.493 e. The van der Waals surface area contributed by atoms with Gasteiger partial charge in [-0.05, 0) is 35.2 Å². The van der Waals surface area contributed by atoms with Crippen LogP contribution < -0.4 is 9.47 Å². The number of ether oxygens (including phenoxy) is 3. The molecule has 1 saturated heterocycles. The Balaban J connectivity index is 1.77. The SMILES string of the molecule is CCc1cccc2c(C(CC(=O)N3CCOCC3)c3ccc(OC)c(OC)c3)c[nH]c12. The standard InChI is InChI=1S/C25H30N2O4/c1-4-17-6-5-7-19-21(16-26-25(17)19)20(15-24(28)27-10-12-31-13-11-27)18-8-9-22(29-2)23(14-18)30-3/h5-9,14,16,20,26H,4,10-13,15H2,1-3H3. The minimum atomic E-state index is -0.101. The molecule has 3 aromatic rings. The van der Waals surface area contributed by atoms with Crippen LogP contribution in [0, 0.1) is 0 Å². The summed E-state index contributed by atoms with van der Waals surface area (Å²) in [4.78, 5) is 18.6. The number of rotatable bonds is 7. The van der Waals surface area contributed by atoms with Gasteiger partial charge in [-0.2, -0.15) is 0 Å². The molecule has 164 valence electrons. The van der Waals surface area contributed by atoms with Gasteiger partial charge in [0.05, 0.1) is 27.4 Å². The van der Waals surface area contributed by atoms with Gasteiger partial charge < -0.3 is 24.1 Å². The molecule has 31 heavy (non-hydrogen) atoms. The zero-order valence-electron chi connectivity index (χ0n) is 18.4. The number of nitrogens with zero attached hydrogens (tertiary/aromatic N) is 1. The number of nitrogens with one attached hydrogen (secondary N) is 1. The van der Waals surface area contributed by atoms with Crippen LogP contribution >= 0.6 is 0 Å². The highest BCUT2D eigenvalue weighted by atomic mass is 16.5. The molecule has 0 saturated carbocycles. The van der Waals surface area contributed by atoms with Crippen LogP contribution in [0.3, 0.4) is 0 Å². The van der Waals surface area contributed by atoms with Crippen molar-refractivity contribution in [3.05, 3.63) is 59.3 Å². The molecular formula is C25H30N2O4. The molecule has 2 heterocycles. The maximum atomic E-state index is 13.2. The molecule has 0 radical (unpaired) electrons. The monoisotopic (exact) mass is 422 g/mol. The molecule has 1 N–H and O–H groups in total. The lowest BCUT2D eigenvalue weighted by Gasteiger charge is -2.29. The fraction of sp³-hybridized carbons (Fsp3) is 0.400. The summed E-state index contributed by atoms with van der Waals surface area (Å²) >= 11 is 0. The quantitative estimate of drug-likeness (QED) is 0.622. The van der Waals surface area contributed by atoms with Gasteiger partial charge in [0, 0.05) is 42.5 Å². The Labute approximate surface area is 183 Å². The number of aryl methyl sites for hydroxylation is 1. The second kappa shape index (κ2) is 9.43. The van der Waals surface area contributed by atoms with Crippen molar-refractivity contribution in [1.82, 2.24) is 9.88 Å². The number of aromatic amines is 1. The summed E-state index contributed by atoms with van der Waals surface area (Å²) in [5, 5.41) is 1.16. The van der Waals surface area contributed by atoms with Gasteiger partial charge in [0.1, 0.15) is 0 Å². The van der Waals surface area contributed by atoms with Crippen molar-refractivity contribution < 1.29 is 19.0 Å². The van der Waals surface area contributed by atoms with Crippen LogP contribution in [0.5, 0.6) is 11.5 Å². The number of methoxy groups -OCH3 is 2. The molecular weight excluding hydrogens is 392 g/mol. The van der Waals surface area contributed by atoms with E-state index in [0.717, 1.165) is 28.5 Å². The van der Waals surface area contributed by atoms with Gasteiger partial charge in [-0.15, -0.1) is 0 Å². The van der Waals surface area contributed by atoms with E-state index >= 15 is 0 Å². The highest BCUT2D eigenvalue weighted by Crippen LogP contribution is 2.38. The average molecular weight is 423 g/mol. The molecule has 1 aliphatic rings. The third kappa shape index (κ3) is 4.26. The average Bonchev–Trinajstić information content (AvgIpc) is 3.26. The number of carbonyl (C=O) groups is 1. The Morgan fingerprint density at radius 2 is 1.90 bits per heavy atom. The molecule has 1 atom stereocenters. The summed E-state index contributed by atoms with van der Waals surface area (Å²) in [6.07, 6.45) is 3.39. The third-order valence-electron chi connectivity index (χ3n) is 6.14. The summed E-state index contributed by atoms with van der Waals surface area (Å²) in [5.74, 6) is 1.38. The number of fused-ring (bicyclic) bond motifs is 1. The lowest BCUT2D eigenvalue weighted by molar-refractivity contribution is -0.135. The van der Waals surface area contributed by atoms with Crippen LogP contribution in [0.25, 0.3) is 10.9 Å². The minimum Gasteiger partial charge on any atom is -0.493 e. The molecule has 4 rings (SSSR count). The molecule has 0 aliphatic carbocycles. The molecule has 1 unspecified atom stereocenters. The number of morpholine rings is 1. The Morgan fingerprint density at radius 1 is 1.13 bits per heavy atom. The maximum Gasteiger partial charge on any atom is 0.223 e. The number of aromatic nitrogens is 1. The number of hydrogen-bond donors (Lipinski definition) is 1. The molecule has 2 aromatic carbocycles. The second-order valence-electron chi connectivity index (χ2n) is 7.80. The van der Waals surface area contributed by atoms with Crippen LogP contribution in [-0.4, -0.2) is 56.3 Å². The molecule has 1 amide bonds. The van der Waals surface area contributed by atoms with Gasteiger partial charge in [0.2, 0.25) is 5.91 Å². The number of carbonyl (C=O) groups excluding carboxylic acids is 1. The summed E-state index contributed by atoms with van der Waals surface area (Å²) in [6, 6.07) is 12.3. The van der Waals surface area contributed by atoms with E-state index in [1.54, 1.807) is 14.2 Å². The van der Waals surface area contributed by atoms with E-state index in [2.05, 4.69) is 36.3 Å². The van der Waals surface area contributed by atoms with Crippen molar-refractivity contribution in [3.63, 3.8) is 0 Å². The zero-order valence-corrected chi connectivity index (χ0v) is 18.4. The highest BCUT2D eigenvalue weighted by Gasteiger charge is 2.26. The van der Waals surface area contributed by atoms with Crippen molar-refractivity contribution in [3.8, 4) is 11.5 Å². The van der Waals surface area contributed by atoms with E-state index in [4.69, 9.17) is 14.2 Å². The van der Waals surface area contributed by atoms with Crippen LogP contribution in [0.4, 0.5) is 0 Å². The predicted octanol–water partition coefficient (Wildman–Crippen LogP) is 4.13. The molecule has 6 heteroatoms. The number of hydrogen-bond acceptors (Lipinski definition) is 4. The fourth-order valence-electron chi connectivity index (χ4n) is 4.42. The Kier molecular flexibility index (Phi) is 6.47. The van der Waals surface area contributed by atoms with E-state index in [9.17, 15) is 4.79 Å². The lowest BCUT2D eigenvalue weighted by atomic mass is 9.87. The smallest absolute Gasteiger partial charge is 0.223 e. The van der Waals surface area contributed by atoms with Crippen molar-refractivity contribution in [2.24, 2.45) is 0 Å². The van der Waals surface area contributed by atoms with Gasteiger partial charge in [0.25, 0.3) is 0 Å². The number of para-hydroxylation sites is 1. The summed E-state index contributed by atoms with van der Waals surface area (Å²) in [7, 11) is 3.26. The maximum absolute atomic E-state index is 13.2. The first-order valence-corrected chi connectivity index (χ1v) is 10.8. The van der Waals surface area contributed by atoms with Crippen molar-refractivity contribution in [1.29, 1.82) is 0 Å². The summed E-state index contributed by atoms with van der Waals surface area (Å²) in [6.45, 7) is 4.64. The van der Waals surface area contributed by atoms with Gasteiger partial charge in [-0.25, -0.2) is 0 Å². The van der Waals surface area contributed by atoms with E-state index < -0.39 is 0 Å². The van der Waals surface area contributed by atoms with Crippen molar-refractivity contribution in [2.75, 3.05) is 40.5 Å². The predicted molar refractivity (Wildman–Crippen MR) is 121 cm³/mol. The van der Waals surface area contributed by atoms with Gasteiger partial charge >= 0.3 is 0 Å². The molecule has 1 fully saturated rings. The van der Waals surface area contributed by atoms with E-state index in [0.29, 0.717) is 44.2 Å². The lowest BCUT2D eigenvalue weighted by Crippen LogP contribution is -2.41.